The molecule has 2 unspecified atom stereocenters. The summed E-state index contributed by atoms with van der Waals surface area (Å²) < 4.78 is 61.4. The Labute approximate surface area is 192 Å². The Morgan fingerprint density at radius 2 is 1.73 bits per heavy atom. The largest absolute Gasteiger partial charge is 0.511 e. The van der Waals surface area contributed by atoms with Gasteiger partial charge in [0.2, 0.25) is 0 Å². The van der Waals surface area contributed by atoms with Crippen LogP contribution in [0, 0.1) is 11.8 Å². The number of benzene rings is 1. The molecule has 6 nitrogen and oxygen atoms in total. The Bertz CT molecular complexity index is 813. The van der Waals surface area contributed by atoms with E-state index in [1.807, 2.05) is 18.2 Å². The molecule has 170 valence electrons. The molecule has 2 fully saturated rings. The molecule has 0 bridgehead atoms. The van der Waals surface area contributed by atoms with Gasteiger partial charge in [-0.1, -0.05) is 30.3 Å². The van der Waals surface area contributed by atoms with Crippen LogP contribution < -0.4 is 10.6 Å². The summed E-state index contributed by atoms with van der Waals surface area (Å²) in [7, 11) is -3.55. The first-order valence-corrected chi connectivity index (χ1v) is 11.2. The maximum absolute atomic E-state index is 12.6. The van der Waals surface area contributed by atoms with E-state index < -0.39 is 15.5 Å². The molecule has 11 heteroatoms. The second-order valence-corrected chi connectivity index (χ2v) is 9.57. The van der Waals surface area contributed by atoms with Crippen LogP contribution in [0.2, 0.25) is 0 Å². The molecule has 30 heavy (non-hydrogen) atoms. The van der Waals surface area contributed by atoms with Gasteiger partial charge in [0.15, 0.2) is 5.96 Å². The minimum absolute atomic E-state index is 0. The SMILES string of the molecule is CN=C(NCC1CCN(S(=O)(=O)C(F)(F)F)CC1)NCC1CC1c1ccccc1.I. The molecule has 1 heterocycles. The zero-order valence-electron chi connectivity index (χ0n) is 16.7. The Kier molecular flexibility index (Phi) is 8.80. The van der Waals surface area contributed by atoms with Gasteiger partial charge in [-0.3, -0.25) is 4.99 Å². The number of rotatable bonds is 6. The maximum atomic E-state index is 12.6. The van der Waals surface area contributed by atoms with Gasteiger partial charge >= 0.3 is 15.5 Å². The third-order valence-corrected chi connectivity index (χ3v) is 7.30. The molecule has 1 aliphatic heterocycles. The Morgan fingerprint density at radius 1 is 1.13 bits per heavy atom. The van der Waals surface area contributed by atoms with Gasteiger partial charge in [-0.25, -0.2) is 8.42 Å². The van der Waals surface area contributed by atoms with Crippen molar-refractivity contribution in [2.45, 2.75) is 30.7 Å². The predicted octanol–water partition coefficient (Wildman–Crippen LogP) is 3.13. The van der Waals surface area contributed by atoms with Crippen LogP contribution in [0.3, 0.4) is 0 Å². The van der Waals surface area contributed by atoms with Crippen LogP contribution in [-0.4, -0.2) is 57.4 Å². The summed E-state index contributed by atoms with van der Waals surface area (Å²) in [6.45, 7) is 1.13. The fraction of sp³-hybridized carbons (Fsp3) is 0.632. The highest BCUT2D eigenvalue weighted by Gasteiger charge is 2.50. The minimum atomic E-state index is -5.23. The molecule has 1 saturated heterocycles. The summed E-state index contributed by atoms with van der Waals surface area (Å²) in [6, 6.07) is 10.4. The summed E-state index contributed by atoms with van der Waals surface area (Å²) in [4.78, 5) is 4.20. The lowest BCUT2D eigenvalue weighted by atomic mass is 9.98. The van der Waals surface area contributed by atoms with E-state index in [-0.39, 0.29) is 43.0 Å². The lowest BCUT2D eigenvalue weighted by Crippen LogP contribution is -2.47. The summed E-state index contributed by atoms with van der Waals surface area (Å²) in [5.74, 6) is 1.90. The maximum Gasteiger partial charge on any atom is 0.511 e. The van der Waals surface area contributed by atoms with Crippen molar-refractivity contribution in [3.63, 3.8) is 0 Å². The van der Waals surface area contributed by atoms with Gasteiger partial charge in [-0.15, -0.1) is 24.0 Å². The number of nitrogens with zero attached hydrogens (tertiary/aromatic N) is 2. The van der Waals surface area contributed by atoms with Crippen molar-refractivity contribution in [1.29, 1.82) is 0 Å². The number of alkyl halides is 3. The molecule has 0 amide bonds. The third-order valence-electron chi connectivity index (χ3n) is 5.67. The van der Waals surface area contributed by atoms with Crippen LogP contribution in [-0.2, 0) is 10.0 Å². The van der Waals surface area contributed by atoms with Gasteiger partial charge in [-0.05, 0) is 42.6 Å². The zero-order chi connectivity index (χ0) is 21.1. The van der Waals surface area contributed by atoms with E-state index in [1.54, 1.807) is 7.05 Å². The molecule has 0 aromatic heterocycles. The number of aliphatic imine (C=N–C) groups is 1. The smallest absolute Gasteiger partial charge is 0.356 e. The van der Waals surface area contributed by atoms with Crippen LogP contribution in [0.25, 0.3) is 0 Å². The van der Waals surface area contributed by atoms with Gasteiger partial charge in [-0.2, -0.15) is 17.5 Å². The van der Waals surface area contributed by atoms with Gasteiger partial charge in [0, 0.05) is 33.2 Å². The Balaban J connectivity index is 0.00000320. The average molecular weight is 560 g/mol. The van der Waals surface area contributed by atoms with Crippen LogP contribution in [0.5, 0.6) is 0 Å². The van der Waals surface area contributed by atoms with Gasteiger partial charge in [0.1, 0.15) is 0 Å². The topological polar surface area (TPSA) is 73.8 Å². The summed E-state index contributed by atoms with van der Waals surface area (Å²) in [6.07, 6.45) is 1.91. The summed E-state index contributed by atoms with van der Waals surface area (Å²) >= 11 is 0. The highest BCUT2D eigenvalue weighted by Crippen LogP contribution is 2.46. The van der Waals surface area contributed by atoms with E-state index in [4.69, 9.17) is 0 Å². The fourth-order valence-corrected chi connectivity index (χ4v) is 4.76. The van der Waals surface area contributed by atoms with E-state index in [2.05, 4.69) is 27.8 Å². The molecular formula is C19H28F3IN4O2S. The van der Waals surface area contributed by atoms with Gasteiger partial charge in [0.25, 0.3) is 0 Å². The van der Waals surface area contributed by atoms with Gasteiger partial charge < -0.3 is 10.6 Å². The molecule has 1 aromatic rings. The first kappa shape index (κ1) is 25.2. The zero-order valence-corrected chi connectivity index (χ0v) is 19.9. The molecule has 3 rings (SSSR count). The van der Waals surface area contributed by atoms with Crippen molar-refractivity contribution in [3.8, 4) is 0 Å². The number of nitrogens with one attached hydrogen (secondary N) is 2. The lowest BCUT2D eigenvalue weighted by Gasteiger charge is -2.31. The molecular weight excluding hydrogens is 532 g/mol. The molecule has 2 atom stereocenters. The van der Waals surface area contributed by atoms with Crippen LogP contribution in [0.1, 0.15) is 30.7 Å². The Morgan fingerprint density at radius 3 is 2.30 bits per heavy atom. The van der Waals surface area contributed by atoms with E-state index in [0.717, 1.165) is 13.0 Å². The molecule has 2 aliphatic rings. The van der Waals surface area contributed by atoms with E-state index in [1.165, 1.54) is 5.56 Å². The quantitative estimate of drug-likeness (QED) is 0.319. The van der Waals surface area contributed by atoms with Crippen molar-refractivity contribution >= 4 is 40.0 Å². The molecule has 1 aliphatic carbocycles. The summed E-state index contributed by atoms with van der Waals surface area (Å²) in [5, 5.41) is 6.52. The van der Waals surface area contributed by atoms with Crippen LogP contribution >= 0.6 is 24.0 Å². The van der Waals surface area contributed by atoms with Crippen molar-refractivity contribution in [1.82, 2.24) is 14.9 Å². The van der Waals surface area contributed by atoms with E-state index in [0.29, 0.717) is 41.5 Å². The Hall–Kier alpha value is -1.08. The highest BCUT2D eigenvalue weighted by molar-refractivity contribution is 14.0. The number of hydrogen-bond donors (Lipinski definition) is 2. The molecule has 2 N–H and O–H groups in total. The molecule has 0 spiro atoms. The molecule has 1 aromatic carbocycles. The van der Waals surface area contributed by atoms with Crippen LogP contribution in [0.4, 0.5) is 13.2 Å². The number of guanidine groups is 1. The molecule has 1 saturated carbocycles. The van der Waals surface area contributed by atoms with E-state index in [9.17, 15) is 21.6 Å². The predicted molar refractivity (Wildman–Crippen MR) is 121 cm³/mol. The van der Waals surface area contributed by atoms with Crippen molar-refractivity contribution < 1.29 is 21.6 Å². The molecule has 0 radical (unpaired) electrons. The monoisotopic (exact) mass is 560 g/mol. The van der Waals surface area contributed by atoms with Gasteiger partial charge in [0.05, 0.1) is 0 Å². The lowest BCUT2D eigenvalue weighted by molar-refractivity contribution is -0.0496. The van der Waals surface area contributed by atoms with Crippen molar-refractivity contribution in [2.24, 2.45) is 16.8 Å². The first-order valence-electron chi connectivity index (χ1n) is 9.78. The number of sulfonamides is 1. The fourth-order valence-electron chi connectivity index (χ4n) is 3.77. The standard InChI is InChI=1S/C19H27F3N4O2S.HI/c1-23-18(25-13-16-11-17(16)15-5-3-2-4-6-15)24-12-14-7-9-26(10-8-14)29(27,28)19(20,21)22;/h2-6,14,16-17H,7-13H2,1H3,(H2,23,24,25);1H. The number of halogens is 4. The van der Waals surface area contributed by atoms with E-state index >= 15 is 0 Å². The average Bonchev–Trinajstić information content (AvgIpc) is 3.48. The third kappa shape index (κ3) is 6.22. The minimum Gasteiger partial charge on any atom is -0.356 e. The van der Waals surface area contributed by atoms with Crippen molar-refractivity contribution in [2.75, 3.05) is 33.2 Å². The second-order valence-electron chi connectivity index (χ2n) is 7.64. The first-order chi connectivity index (χ1) is 13.7. The highest BCUT2D eigenvalue weighted by atomic mass is 127. The van der Waals surface area contributed by atoms with Crippen LogP contribution in [0.15, 0.2) is 35.3 Å². The number of hydrogen-bond acceptors (Lipinski definition) is 3. The van der Waals surface area contributed by atoms with Crippen molar-refractivity contribution in [3.05, 3.63) is 35.9 Å². The normalized spacial score (nSPS) is 23.5. The second kappa shape index (κ2) is 10.5. The summed E-state index contributed by atoms with van der Waals surface area (Å²) in [5.41, 5.74) is -3.88. The number of piperidine rings is 1.